The van der Waals surface area contributed by atoms with Crippen molar-refractivity contribution in [1.29, 1.82) is 0 Å². The number of unbranched alkanes of at least 4 members (excludes halogenated alkanes) is 10. The van der Waals surface area contributed by atoms with Crippen molar-refractivity contribution in [3.63, 3.8) is 0 Å². The summed E-state index contributed by atoms with van der Waals surface area (Å²) < 4.78 is 71.7. The van der Waals surface area contributed by atoms with E-state index in [1.165, 1.54) is 64.2 Å². The van der Waals surface area contributed by atoms with E-state index in [0.717, 1.165) is 26.2 Å². The van der Waals surface area contributed by atoms with E-state index in [1.807, 2.05) is 14.1 Å². The fourth-order valence-corrected chi connectivity index (χ4v) is 4.86. The van der Waals surface area contributed by atoms with Crippen LogP contribution in [-0.2, 0) is 61.6 Å². The topological polar surface area (TPSA) is 123 Å². The lowest BCUT2D eigenvalue weighted by Crippen LogP contribution is -2.19. The Morgan fingerprint density at radius 3 is 0.618 bits per heavy atom. The zero-order valence-corrected chi connectivity index (χ0v) is 35.6. The minimum Gasteiger partial charge on any atom is -0.379 e. The van der Waals surface area contributed by atoms with E-state index >= 15 is 0 Å². The Labute approximate surface area is 336 Å². The van der Waals surface area contributed by atoms with E-state index < -0.39 is 0 Å². The molecule has 0 aromatic heterocycles. The van der Waals surface area contributed by atoms with Gasteiger partial charge in [-0.1, -0.05) is 71.1 Å². The van der Waals surface area contributed by atoms with E-state index in [4.69, 9.17) is 61.6 Å². The fraction of sp³-hybridized carbons (Fsp3) is 1.00. The van der Waals surface area contributed by atoms with Crippen molar-refractivity contribution < 1.29 is 61.6 Å². The summed E-state index contributed by atoms with van der Waals surface area (Å²) in [6, 6.07) is 0. The molecule has 0 spiro atoms. The molecule has 0 unspecified atom stereocenters. The Balaban J connectivity index is 3.05. The third-order valence-corrected chi connectivity index (χ3v) is 8.04. The van der Waals surface area contributed by atoms with Crippen molar-refractivity contribution in [3.8, 4) is 0 Å². The van der Waals surface area contributed by atoms with E-state index in [0.29, 0.717) is 159 Å². The van der Waals surface area contributed by atoms with Crippen molar-refractivity contribution in [2.24, 2.45) is 0 Å². The van der Waals surface area contributed by atoms with Crippen LogP contribution in [0.25, 0.3) is 0 Å². The van der Waals surface area contributed by atoms with Gasteiger partial charge in [0.2, 0.25) is 0 Å². The van der Waals surface area contributed by atoms with Gasteiger partial charge in [0.05, 0.1) is 165 Å². The van der Waals surface area contributed by atoms with Gasteiger partial charge in [-0.2, -0.15) is 0 Å². The maximum absolute atomic E-state index is 5.67. The predicted molar refractivity (Wildman–Crippen MR) is 216 cm³/mol. The zero-order valence-electron chi connectivity index (χ0n) is 35.6. The molecule has 0 rings (SSSR count). The lowest BCUT2D eigenvalue weighted by molar-refractivity contribution is -0.0291. The number of rotatable bonds is 51. The molecule has 0 N–H and O–H groups in total. The molecule has 0 aromatic carbocycles. The lowest BCUT2D eigenvalue weighted by atomic mass is 10.1. The highest BCUT2D eigenvalue weighted by Crippen LogP contribution is 2.11. The summed E-state index contributed by atoms with van der Waals surface area (Å²) in [6.45, 7) is 17.8. The second-order valence-corrected chi connectivity index (χ2v) is 13.3. The Kier molecular flexibility index (Phi) is 50.9. The van der Waals surface area contributed by atoms with Gasteiger partial charge in [-0.05, 0) is 20.5 Å². The van der Waals surface area contributed by atoms with Crippen LogP contribution in [0.1, 0.15) is 77.6 Å². The smallest absolute Gasteiger partial charge is 0.0701 e. The van der Waals surface area contributed by atoms with Gasteiger partial charge in [-0.15, -0.1) is 0 Å². The quantitative estimate of drug-likeness (QED) is 0.0761. The van der Waals surface area contributed by atoms with E-state index in [-0.39, 0.29) is 0 Å². The summed E-state index contributed by atoms with van der Waals surface area (Å²) in [5.41, 5.74) is 0. The molecule has 0 fully saturated rings. The number of likely N-dealkylation sites (N-methyl/N-ethyl adjacent to an activating group) is 1. The summed E-state index contributed by atoms with van der Waals surface area (Å²) in [4.78, 5) is 2.09. The van der Waals surface area contributed by atoms with E-state index in [2.05, 4.69) is 11.8 Å². The molecule has 0 aromatic rings. The van der Waals surface area contributed by atoms with Gasteiger partial charge in [-0.25, -0.2) is 0 Å². The monoisotopic (exact) mass is 800 g/mol. The van der Waals surface area contributed by atoms with Crippen LogP contribution in [0.2, 0.25) is 0 Å². The molecule has 0 amide bonds. The van der Waals surface area contributed by atoms with Crippen LogP contribution in [-0.4, -0.2) is 197 Å². The molecule has 14 heteroatoms. The minimum atomic E-state index is 0.515. The van der Waals surface area contributed by atoms with Crippen molar-refractivity contribution in [2.75, 3.05) is 192 Å². The number of hydrogen-bond donors (Lipinski definition) is 0. The number of nitrogens with zero attached hydrogens (tertiary/aromatic N) is 1. The average molecular weight is 800 g/mol. The van der Waals surface area contributed by atoms with Gasteiger partial charge in [0.25, 0.3) is 0 Å². The summed E-state index contributed by atoms with van der Waals surface area (Å²) in [6.07, 6.45) is 14.9. The van der Waals surface area contributed by atoms with Gasteiger partial charge >= 0.3 is 0 Å². The molecule has 332 valence electrons. The third kappa shape index (κ3) is 53.4. The Morgan fingerprint density at radius 1 is 0.218 bits per heavy atom. The maximum Gasteiger partial charge on any atom is 0.0701 e. The van der Waals surface area contributed by atoms with Crippen LogP contribution in [0, 0.1) is 0 Å². The highest BCUT2D eigenvalue weighted by Gasteiger charge is 1.98. The summed E-state index contributed by atoms with van der Waals surface area (Å²) >= 11 is 0. The zero-order chi connectivity index (χ0) is 39.6. The van der Waals surface area contributed by atoms with E-state index in [1.54, 1.807) is 0 Å². The summed E-state index contributed by atoms with van der Waals surface area (Å²) in [5.74, 6) is 0. The SMILES string of the molecule is CCCCCCCCCCCCCOCCOCCOCCOCCOCCOCCOCCOCCOCCOCCOCCOCCOCCN(C)C. The Morgan fingerprint density at radius 2 is 0.400 bits per heavy atom. The largest absolute Gasteiger partial charge is 0.379 e. The van der Waals surface area contributed by atoms with Crippen LogP contribution >= 0.6 is 0 Å². The van der Waals surface area contributed by atoms with Crippen LogP contribution in [0.3, 0.4) is 0 Å². The third-order valence-electron chi connectivity index (χ3n) is 8.04. The molecule has 0 aliphatic rings. The average Bonchev–Trinajstić information content (AvgIpc) is 3.18. The first-order chi connectivity index (χ1) is 27.3. The van der Waals surface area contributed by atoms with Gasteiger partial charge < -0.3 is 66.5 Å². The number of ether oxygens (including phenoxy) is 13. The molecule has 0 aliphatic carbocycles. The van der Waals surface area contributed by atoms with Crippen molar-refractivity contribution in [3.05, 3.63) is 0 Å². The molecule has 0 bridgehead atoms. The molecule has 0 saturated carbocycles. The van der Waals surface area contributed by atoms with Crippen LogP contribution < -0.4 is 0 Å². The second-order valence-electron chi connectivity index (χ2n) is 13.3. The molecule has 14 nitrogen and oxygen atoms in total. The number of hydrogen-bond acceptors (Lipinski definition) is 14. The lowest BCUT2D eigenvalue weighted by Gasteiger charge is -2.10. The standard InChI is InChI=1S/C41H85NO13/c1-4-5-6-7-8-9-10-11-12-13-14-16-43-18-20-45-22-24-47-26-28-49-30-32-51-34-36-53-38-40-55-41-39-54-37-35-52-33-31-50-29-27-48-25-23-46-21-19-44-17-15-42(2)3/h4-41H2,1-3H3. The molecule has 0 atom stereocenters. The van der Waals surface area contributed by atoms with Gasteiger partial charge in [-0.3, -0.25) is 0 Å². The molecular weight excluding hydrogens is 714 g/mol. The maximum atomic E-state index is 5.67. The van der Waals surface area contributed by atoms with Gasteiger partial charge in [0, 0.05) is 13.2 Å². The Hall–Kier alpha value is -0.560. The predicted octanol–water partition coefficient (Wildman–Crippen LogP) is 5.07. The van der Waals surface area contributed by atoms with Crippen LogP contribution in [0.4, 0.5) is 0 Å². The first-order valence-electron chi connectivity index (χ1n) is 21.4. The second kappa shape index (κ2) is 51.5. The normalized spacial score (nSPS) is 11.8. The first kappa shape index (κ1) is 54.4. The van der Waals surface area contributed by atoms with E-state index in [9.17, 15) is 0 Å². The van der Waals surface area contributed by atoms with Crippen molar-refractivity contribution in [2.45, 2.75) is 77.6 Å². The fourth-order valence-electron chi connectivity index (χ4n) is 4.86. The Bertz CT molecular complexity index is 670. The molecular formula is C41H85NO13. The molecule has 0 saturated heterocycles. The minimum absolute atomic E-state index is 0.515. The summed E-state index contributed by atoms with van der Waals surface area (Å²) in [5, 5.41) is 0. The van der Waals surface area contributed by atoms with Crippen LogP contribution in [0.5, 0.6) is 0 Å². The van der Waals surface area contributed by atoms with Gasteiger partial charge in [0.15, 0.2) is 0 Å². The van der Waals surface area contributed by atoms with Crippen molar-refractivity contribution in [1.82, 2.24) is 4.90 Å². The van der Waals surface area contributed by atoms with Gasteiger partial charge in [0.1, 0.15) is 0 Å². The van der Waals surface area contributed by atoms with Crippen molar-refractivity contribution >= 4 is 0 Å². The molecule has 0 radical (unpaired) electrons. The van der Waals surface area contributed by atoms with Crippen LogP contribution in [0.15, 0.2) is 0 Å². The highest BCUT2D eigenvalue weighted by molar-refractivity contribution is 4.48. The first-order valence-corrected chi connectivity index (χ1v) is 21.4. The highest BCUT2D eigenvalue weighted by atomic mass is 16.6. The molecule has 55 heavy (non-hydrogen) atoms. The summed E-state index contributed by atoms with van der Waals surface area (Å²) in [7, 11) is 4.05. The molecule has 0 aliphatic heterocycles. The molecule has 0 heterocycles.